The van der Waals surface area contributed by atoms with E-state index in [1.165, 1.54) is 25.7 Å². The lowest BCUT2D eigenvalue weighted by Crippen LogP contribution is -2.45. The molecule has 116 valence electrons. The van der Waals surface area contributed by atoms with Crippen molar-refractivity contribution in [1.82, 2.24) is 0 Å². The van der Waals surface area contributed by atoms with E-state index in [4.69, 9.17) is 8.85 Å². The van der Waals surface area contributed by atoms with Crippen LogP contribution in [0.4, 0.5) is 0 Å². The van der Waals surface area contributed by atoms with E-state index in [0.717, 1.165) is 37.1 Å². The van der Waals surface area contributed by atoms with Crippen LogP contribution in [0.2, 0.25) is 12.1 Å². The fourth-order valence-corrected chi connectivity index (χ4v) is 7.44. The van der Waals surface area contributed by atoms with Crippen molar-refractivity contribution in [3.8, 4) is 0 Å². The monoisotopic (exact) mass is 288 g/mol. The predicted octanol–water partition coefficient (Wildman–Crippen LogP) is 5.37. The molecular formula is C16H36O2Si. The van der Waals surface area contributed by atoms with Crippen molar-refractivity contribution in [2.75, 3.05) is 13.2 Å². The summed E-state index contributed by atoms with van der Waals surface area (Å²) in [5, 5.41) is 0. The minimum Gasteiger partial charge on any atom is -0.394 e. The number of hydrogen-bond acceptors (Lipinski definition) is 2. The van der Waals surface area contributed by atoms with Crippen LogP contribution >= 0.6 is 0 Å². The van der Waals surface area contributed by atoms with Gasteiger partial charge in [0.1, 0.15) is 0 Å². The van der Waals surface area contributed by atoms with Crippen molar-refractivity contribution in [2.45, 2.75) is 79.3 Å². The van der Waals surface area contributed by atoms with E-state index in [0.29, 0.717) is 0 Å². The number of hydrogen-bond donors (Lipinski definition) is 0. The molecule has 0 amide bonds. The van der Waals surface area contributed by atoms with Gasteiger partial charge in [-0.3, -0.25) is 0 Å². The second-order valence-electron chi connectivity index (χ2n) is 5.97. The third-order valence-electron chi connectivity index (χ3n) is 3.70. The zero-order valence-corrected chi connectivity index (χ0v) is 15.1. The molecule has 2 atom stereocenters. The average Bonchev–Trinajstić information content (AvgIpc) is 2.29. The van der Waals surface area contributed by atoms with Crippen molar-refractivity contribution >= 4 is 8.56 Å². The van der Waals surface area contributed by atoms with Crippen LogP contribution in [0.25, 0.3) is 0 Å². The first-order chi connectivity index (χ1) is 9.03. The van der Waals surface area contributed by atoms with Gasteiger partial charge in [-0.2, -0.15) is 0 Å². The van der Waals surface area contributed by atoms with Gasteiger partial charge in [-0.1, -0.05) is 53.4 Å². The maximum atomic E-state index is 6.22. The van der Waals surface area contributed by atoms with Crippen molar-refractivity contribution in [3.05, 3.63) is 0 Å². The third kappa shape index (κ3) is 8.11. The average molecular weight is 289 g/mol. The van der Waals surface area contributed by atoms with E-state index in [-0.39, 0.29) is 0 Å². The van der Waals surface area contributed by atoms with Crippen molar-refractivity contribution in [1.29, 1.82) is 0 Å². The highest BCUT2D eigenvalue weighted by atomic mass is 28.4. The summed E-state index contributed by atoms with van der Waals surface area (Å²) >= 11 is 0. The minimum absolute atomic E-state index is 0.726. The lowest BCUT2D eigenvalue weighted by atomic mass is 10.1. The molecule has 0 aromatic carbocycles. The molecule has 0 heterocycles. The molecule has 0 saturated carbocycles. The van der Waals surface area contributed by atoms with E-state index in [1.54, 1.807) is 0 Å². The van der Waals surface area contributed by atoms with Gasteiger partial charge in [0, 0.05) is 13.2 Å². The van der Waals surface area contributed by atoms with Crippen LogP contribution in [0.3, 0.4) is 0 Å². The Morgan fingerprint density at radius 1 is 0.737 bits per heavy atom. The summed E-state index contributed by atoms with van der Waals surface area (Å²) < 4.78 is 12.4. The summed E-state index contributed by atoms with van der Waals surface area (Å²) in [5.41, 5.74) is 0. The van der Waals surface area contributed by atoms with Gasteiger partial charge < -0.3 is 8.85 Å². The highest BCUT2D eigenvalue weighted by molar-refractivity contribution is 6.67. The number of rotatable bonds is 12. The van der Waals surface area contributed by atoms with Crippen LogP contribution in [-0.2, 0) is 8.85 Å². The van der Waals surface area contributed by atoms with Gasteiger partial charge in [0.15, 0.2) is 0 Å². The van der Waals surface area contributed by atoms with Crippen LogP contribution in [0.1, 0.15) is 67.2 Å². The van der Waals surface area contributed by atoms with Crippen LogP contribution in [0.5, 0.6) is 0 Å². The SMILES string of the molecule is CCCC(C)C[Si](CC(C)CCC)(OCC)OCC. The highest BCUT2D eigenvalue weighted by Gasteiger charge is 2.39. The molecule has 2 nitrogen and oxygen atoms in total. The lowest BCUT2D eigenvalue weighted by Gasteiger charge is -2.34. The second kappa shape index (κ2) is 10.9. The van der Waals surface area contributed by atoms with Gasteiger partial charge in [0.05, 0.1) is 0 Å². The predicted molar refractivity (Wildman–Crippen MR) is 86.8 cm³/mol. The molecule has 0 aromatic rings. The van der Waals surface area contributed by atoms with E-state index in [1.807, 2.05) is 0 Å². The quantitative estimate of drug-likeness (QED) is 0.449. The highest BCUT2D eigenvalue weighted by Crippen LogP contribution is 2.31. The Hall–Kier alpha value is 0.137. The Balaban J connectivity index is 4.73. The second-order valence-corrected chi connectivity index (χ2v) is 9.19. The smallest absolute Gasteiger partial charge is 0.338 e. The maximum Gasteiger partial charge on any atom is 0.338 e. The molecule has 0 rings (SSSR count). The first kappa shape index (κ1) is 19.1. The minimum atomic E-state index is -2.00. The van der Waals surface area contributed by atoms with Gasteiger partial charge in [0.2, 0.25) is 0 Å². The van der Waals surface area contributed by atoms with E-state index in [2.05, 4.69) is 41.5 Å². The fraction of sp³-hybridized carbons (Fsp3) is 1.00. The summed E-state index contributed by atoms with van der Waals surface area (Å²) in [5.74, 6) is 1.45. The molecule has 0 spiro atoms. The summed E-state index contributed by atoms with van der Waals surface area (Å²) in [6.07, 6.45) is 5.09. The third-order valence-corrected chi connectivity index (χ3v) is 7.96. The zero-order valence-electron chi connectivity index (χ0n) is 14.1. The zero-order chi connectivity index (χ0) is 14.7. The molecule has 0 aliphatic carbocycles. The molecule has 0 N–H and O–H groups in total. The largest absolute Gasteiger partial charge is 0.394 e. The van der Waals surface area contributed by atoms with Crippen molar-refractivity contribution in [3.63, 3.8) is 0 Å². The molecule has 0 radical (unpaired) electrons. The molecule has 0 fully saturated rings. The van der Waals surface area contributed by atoms with Gasteiger partial charge in [-0.15, -0.1) is 0 Å². The summed E-state index contributed by atoms with van der Waals surface area (Å²) in [4.78, 5) is 0. The lowest BCUT2D eigenvalue weighted by molar-refractivity contribution is 0.171. The topological polar surface area (TPSA) is 18.5 Å². The van der Waals surface area contributed by atoms with Crippen LogP contribution < -0.4 is 0 Å². The summed E-state index contributed by atoms with van der Waals surface area (Å²) in [6.45, 7) is 15.0. The molecule has 2 unspecified atom stereocenters. The standard InChI is InChI=1S/C16H36O2Si/c1-7-11-15(5)13-19(17-9-3,18-10-4)14-16(6)12-8-2/h15-16H,7-14H2,1-6H3. The summed E-state index contributed by atoms with van der Waals surface area (Å²) in [7, 11) is -2.00. The molecule has 0 bridgehead atoms. The molecule has 0 aromatic heterocycles. The van der Waals surface area contributed by atoms with Crippen LogP contribution in [0, 0.1) is 11.8 Å². The van der Waals surface area contributed by atoms with E-state index < -0.39 is 8.56 Å². The molecule has 3 heteroatoms. The van der Waals surface area contributed by atoms with Gasteiger partial charge >= 0.3 is 8.56 Å². The fourth-order valence-electron chi connectivity index (χ4n) is 3.14. The van der Waals surface area contributed by atoms with Crippen molar-refractivity contribution < 1.29 is 8.85 Å². The molecule has 0 saturated heterocycles. The first-order valence-electron chi connectivity index (χ1n) is 8.31. The molecular weight excluding hydrogens is 252 g/mol. The van der Waals surface area contributed by atoms with Crippen LogP contribution in [-0.4, -0.2) is 21.8 Å². The van der Waals surface area contributed by atoms with Crippen molar-refractivity contribution in [2.24, 2.45) is 11.8 Å². The molecule has 0 aliphatic heterocycles. The Kier molecular flexibility index (Phi) is 10.9. The van der Waals surface area contributed by atoms with E-state index >= 15 is 0 Å². The maximum absolute atomic E-state index is 6.22. The van der Waals surface area contributed by atoms with Gasteiger partial charge in [-0.25, -0.2) is 0 Å². The Labute approximate surface area is 122 Å². The van der Waals surface area contributed by atoms with Gasteiger partial charge in [0.25, 0.3) is 0 Å². The normalized spacial score (nSPS) is 15.5. The molecule has 19 heavy (non-hydrogen) atoms. The Morgan fingerprint density at radius 2 is 1.11 bits per heavy atom. The first-order valence-corrected chi connectivity index (χ1v) is 10.5. The van der Waals surface area contributed by atoms with Gasteiger partial charge in [-0.05, 0) is 37.8 Å². The molecule has 0 aliphatic rings. The Bertz CT molecular complexity index is 187. The van der Waals surface area contributed by atoms with E-state index in [9.17, 15) is 0 Å². The summed E-state index contributed by atoms with van der Waals surface area (Å²) in [6, 6.07) is 2.33. The van der Waals surface area contributed by atoms with Crippen LogP contribution in [0.15, 0.2) is 0 Å². The Morgan fingerprint density at radius 3 is 1.37 bits per heavy atom.